The Balaban J connectivity index is 1.72. The van der Waals surface area contributed by atoms with E-state index < -0.39 is 0 Å². The lowest BCUT2D eigenvalue weighted by Crippen LogP contribution is -2.31. The molecule has 0 radical (unpaired) electrons. The van der Waals surface area contributed by atoms with E-state index in [1.165, 1.54) is 5.56 Å². The van der Waals surface area contributed by atoms with Gasteiger partial charge in [-0.2, -0.15) is 11.8 Å². The number of nitrogens with one attached hydrogen (secondary N) is 1. The molecular formula is C18H28N2O2S. The largest absolute Gasteiger partial charge is 0.383 e. The zero-order chi connectivity index (χ0) is 16.5. The van der Waals surface area contributed by atoms with Crippen LogP contribution in [-0.4, -0.2) is 56.5 Å². The highest BCUT2D eigenvalue weighted by Crippen LogP contribution is 2.16. The number of amides is 1. The van der Waals surface area contributed by atoms with Crippen LogP contribution in [0, 0.1) is 5.92 Å². The lowest BCUT2D eigenvalue weighted by molar-refractivity contribution is 0.0946. The van der Waals surface area contributed by atoms with Gasteiger partial charge in [-0.25, -0.2) is 0 Å². The van der Waals surface area contributed by atoms with Crippen molar-refractivity contribution in [1.29, 1.82) is 0 Å². The van der Waals surface area contributed by atoms with E-state index in [-0.39, 0.29) is 5.91 Å². The molecule has 1 aliphatic heterocycles. The predicted octanol–water partition coefficient (Wildman–Crippen LogP) is 2.64. The molecule has 0 unspecified atom stereocenters. The highest BCUT2D eigenvalue weighted by molar-refractivity contribution is 7.98. The van der Waals surface area contributed by atoms with Gasteiger partial charge in [0.1, 0.15) is 0 Å². The van der Waals surface area contributed by atoms with Crippen molar-refractivity contribution in [2.45, 2.75) is 19.1 Å². The fourth-order valence-corrected chi connectivity index (χ4v) is 3.45. The maximum atomic E-state index is 12.2. The van der Waals surface area contributed by atoms with Crippen molar-refractivity contribution in [3.8, 4) is 0 Å². The molecule has 1 aromatic rings. The van der Waals surface area contributed by atoms with E-state index in [0.717, 1.165) is 56.3 Å². The molecule has 1 amide bonds. The average Bonchev–Trinajstić information content (AvgIpc) is 3.04. The Morgan fingerprint density at radius 1 is 1.39 bits per heavy atom. The first-order valence-corrected chi connectivity index (χ1v) is 9.54. The second-order valence-electron chi connectivity index (χ2n) is 5.99. The Morgan fingerprint density at radius 3 is 2.87 bits per heavy atom. The first-order valence-electron chi connectivity index (χ1n) is 8.39. The van der Waals surface area contributed by atoms with Gasteiger partial charge < -0.3 is 15.0 Å². The molecule has 1 aliphatic rings. The van der Waals surface area contributed by atoms with Gasteiger partial charge in [0.15, 0.2) is 0 Å². The van der Waals surface area contributed by atoms with E-state index in [4.69, 9.17) is 4.74 Å². The standard InChI is InChI=1S/C18H28N2O2S/c1-3-23-14-15-4-6-17(7-5-15)18(21)19-12-16-8-9-20(13-16)10-11-22-2/h4-7,16H,3,8-14H2,1-2H3,(H,19,21)/t16-/m0/s1. The van der Waals surface area contributed by atoms with E-state index in [2.05, 4.69) is 29.3 Å². The molecule has 1 atom stereocenters. The fourth-order valence-electron chi connectivity index (χ4n) is 2.81. The zero-order valence-corrected chi connectivity index (χ0v) is 15.0. The summed E-state index contributed by atoms with van der Waals surface area (Å²) in [4.78, 5) is 14.6. The van der Waals surface area contributed by atoms with Gasteiger partial charge in [-0.3, -0.25) is 4.79 Å². The Hall–Kier alpha value is -1.04. The van der Waals surface area contributed by atoms with Crippen LogP contribution in [0.2, 0.25) is 0 Å². The molecule has 0 aromatic heterocycles. The number of hydrogen-bond acceptors (Lipinski definition) is 4. The molecule has 1 aromatic carbocycles. The van der Waals surface area contributed by atoms with Crippen molar-refractivity contribution in [2.75, 3.05) is 45.6 Å². The van der Waals surface area contributed by atoms with Gasteiger partial charge in [-0.05, 0) is 42.3 Å². The Bertz CT molecular complexity index is 478. The van der Waals surface area contributed by atoms with Gasteiger partial charge in [0, 0.05) is 38.1 Å². The molecule has 23 heavy (non-hydrogen) atoms. The number of ether oxygens (including phenoxy) is 1. The normalized spacial score (nSPS) is 18.3. The number of carbonyl (C=O) groups is 1. The van der Waals surface area contributed by atoms with Crippen LogP contribution in [0.3, 0.4) is 0 Å². The van der Waals surface area contributed by atoms with Crippen molar-refractivity contribution in [3.05, 3.63) is 35.4 Å². The Labute approximate surface area is 144 Å². The lowest BCUT2D eigenvalue weighted by atomic mass is 10.1. The molecule has 1 saturated heterocycles. The van der Waals surface area contributed by atoms with Gasteiger partial charge >= 0.3 is 0 Å². The monoisotopic (exact) mass is 336 g/mol. The first kappa shape index (κ1) is 18.3. The van der Waals surface area contributed by atoms with E-state index in [0.29, 0.717) is 5.92 Å². The van der Waals surface area contributed by atoms with Crippen LogP contribution in [-0.2, 0) is 10.5 Å². The van der Waals surface area contributed by atoms with Crippen LogP contribution in [0.1, 0.15) is 29.3 Å². The number of methoxy groups -OCH3 is 1. The molecule has 0 saturated carbocycles. The van der Waals surface area contributed by atoms with E-state index >= 15 is 0 Å². The summed E-state index contributed by atoms with van der Waals surface area (Å²) in [6, 6.07) is 7.97. The molecular weight excluding hydrogens is 308 g/mol. The number of likely N-dealkylation sites (tertiary alicyclic amines) is 1. The minimum Gasteiger partial charge on any atom is -0.383 e. The van der Waals surface area contributed by atoms with Crippen molar-refractivity contribution < 1.29 is 9.53 Å². The highest BCUT2D eigenvalue weighted by Gasteiger charge is 2.22. The highest BCUT2D eigenvalue weighted by atomic mass is 32.2. The fraction of sp³-hybridized carbons (Fsp3) is 0.611. The smallest absolute Gasteiger partial charge is 0.251 e. The zero-order valence-electron chi connectivity index (χ0n) is 14.2. The van der Waals surface area contributed by atoms with Crippen LogP contribution < -0.4 is 5.32 Å². The molecule has 1 N–H and O–H groups in total. The van der Waals surface area contributed by atoms with Crippen molar-refractivity contribution in [3.63, 3.8) is 0 Å². The summed E-state index contributed by atoms with van der Waals surface area (Å²) in [7, 11) is 1.74. The van der Waals surface area contributed by atoms with Crippen molar-refractivity contribution in [2.24, 2.45) is 5.92 Å². The van der Waals surface area contributed by atoms with Crippen LogP contribution >= 0.6 is 11.8 Å². The minimum atomic E-state index is 0.0371. The maximum Gasteiger partial charge on any atom is 0.251 e. The molecule has 4 nitrogen and oxygen atoms in total. The Morgan fingerprint density at radius 2 is 2.17 bits per heavy atom. The molecule has 2 rings (SSSR count). The summed E-state index contributed by atoms with van der Waals surface area (Å²) in [5.41, 5.74) is 2.03. The molecule has 1 fully saturated rings. The third-order valence-electron chi connectivity index (χ3n) is 4.22. The summed E-state index contributed by atoms with van der Waals surface area (Å²) in [5, 5.41) is 3.08. The van der Waals surface area contributed by atoms with E-state index in [1.54, 1.807) is 7.11 Å². The number of benzene rings is 1. The molecule has 0 aliphatic carbocycles. The van der Waals surface area contributed by atoms with Crippen molar-refractivity contribution in [1.82, 2.24) is 10.2 Å². The third-order valence-corrected chi connectivity index (χ3v) is 5.17. The maximum absolute atomic E-state index is 12.2. The van der Waals surface area contributed by atoms with E-state index in [1.807, 2.05) is 23.9 Å². The van der Waals surface area contributed by atoms with Gasteiger partial charge in [0.25, 0.3) is 5.91 Å². The predicted molar refractivity (Wildman–Crippen MR) is 97.0 cm³/mol. The SMILES string of the molecule is CCSCc1ccc(C(=O)NC[C@@H]2CCN(CCOC)C2)cc1. The summed E-state index contributed by atoms with van der Waals surface area (Å²) in [6.45, 7) is 6.84. The summed E-state index contributed by atoms with van der Waals surface area (Å²) in [5.74, 6) is 2.72. The van der Waals surface area contributed by atoms with Crippen LogP contribution in [0.4, 0.5) is 0 Å². The molecule has 1 heterocycles. The van der Waals surface area contributed by atoms with Gasteiger partial charge in [-0.1, -0.05) is 19.1 Å². The summed E-state index contributed by atoms with van der Waals surface area (Å²) < 4.78 is 5.12. The van der Waals surface area contributed by atoms with Gasteiger partial charge in [-0.15, -0.1) is 0 Å². The minimum absolute atomic E-state index is 0.0371. The van der Waals surface area contributed by atoms with Crippen LogP contribution in [0.5, 0.6) is 0 Å². The second kappa shape index (κ2) is 9.96. The van der Waals surface area contributed by atoms with Gasteiger partial charge in [0.05, 0.1) is 6.61 Å². The topological polar surface area (TPSA) is 41.6 Å². The average molecular weight is 337 g/mol. The number of nitrogens with zero attached hydrogens (tertiary/aromatic N) is 1. The first-order chi connectivity index (χ1) is 11.2. The molecule has 0 spiro atoms. The van der Waals surface area contributed by atoms with Crippen LogP contribution in [0.15, 0.2) is 24.3 Å². The molecule has 128 valence electrons. The summed E-state index contributed by atoms with van der Waals surface area (Å²) in [6.07, 6.45) is 1.15. The lowest BCUT2D eigenvalue weighted by Gasteiger charge is -2.15. The molecule has 0 bridgehead atoms. The van der Waals surface area contributed by atoms with Crippen molar-refractivity contribution >= 4 is 17.7 Å². The summed E-state index contributed by atoms with van der Waals surface area (Å²) >= 11 is 1.89. The van der Waals surface area contributed by atoms with Crippen LogP contribution in [0.25, 0.3) is 0 Å². The number of carbonyl (C=O) groups excluding carboxylic acids is 1. The number of thioether (sulfide) groups is 1. The number of hydrogen-bond donors (Lipinski definition) is 1. The Kier molecular flexibility index (Phi) is 7.92. The van der Waals surface area contributed by atoms with Gasteiger partial charge in [0.2, 0.25) is 0 Å². The second-order valence-corrected chi connectivity index (χ2v) is 7.27. The third kappa shape index (κ3) is 6.16. The molecule has 5 heteroatoms. The quantitative estimate of drug-likeness (QED) is 0.753. The number of rotatable bonds is 9. The van der Waals surface area contributed by atoms with E-state index in [9.17, 15) is 4.79 Å².